The molecule has 2 saturated carbocycles. The summed E-state index contributed by atoms with van der Waals surface area (Å²) >= 11 is 0. The van der Waals surface area contributed by atoms with Crippen LogP contribution in [0.5, 0.6) is 0 Å². The van der Waals surface area contributed by atoms with Crippen molar-refractivity contribution in [2.45, 2.75) is 57.0 Å². The highest BCUT2D eigenvalue weighted by molar-refractivity contribution is 4.82. The molecule has 2 aliphatic rings. The fourth-order valence-electron chi connectivity index (χ4n) is 1.95. The monoisotopic (exact) mass is 196 g/mol. The van der Waals surface area contributed by atoms with Gasteiger partial charge in [0.2, 0.25) is 0 Å². The van der Waals surface area contributed by atoms with Crippen LogP contribution in [0.15, 0.2) is 0 Å². The van der Waals surface area contributed by atoms with Gasteiger partial charge in [0, 0.05) is 12.1 Å². The zero-order valence-electron chi connectivity index (χ0n) is 9.47. The predicted molar refractivity (Wildman–Crippen MR) is 60.5 cm³/mol. The predicted octanol–water partition coefficient (Wildman–Crippen LogP) is 2.00. The maximum absolute atomic E-state index is 3.57. The van der Waals surface area contributed by atoms with E-state index in [0.717, 1.165) is 12.1 Å². The minimum absolute atomic E-state index is 0.893. The van der Waals surface area contributed by atoms with Crippen molar-refractivity contribution in [3.05, 3.63) is 0 Å². The second-order valence-corrected chi connectivity index (χ2v) is 5.00. The molecule has 0 bridgehead atoms. The molecule has 2 fully saturated rings. The Bertz CT molecular complexity index is 162. The van der Waals surface area contributed by atoms with Gasteiger partial charge in [-0.1, -0.05) is 6.42 Å². The van der Waals surface area contributed by atoms with Crippen molar-refractivity contribution in [3.8, 4) is 0 Å². The Balaban J connectivity index is 1.35. The molecule has 0 heterocycles. The van der Waals surface area contributed by atoms with E-state index in [9.17, 15) is 0 Å². The van der Waals surface area contributed by atoms with Crippen LogP contribution in [0.2, 0.25) is 0 Å². The molecule has 0 radical (unpaired) electrons. The summed E-state index contributed by atoms with van der Waals surface area (Å²) < 4.78 is 0. The molecule has 1 N–H and O–H groups in total. The number of rotatable bonds is 8. The molecule has 2 aliphatic carbocycles. The third kappa shape index (κ3) is 3.97. The van der Waals surface area contributed by atoms with E-state index in [0.29, 0.717) is 0 Å². The summed E-state index contributed by atoms with van der Waals surface area (Å²) in [5, 5.41) is 3.57. The molecule has 0 amide bonds. The van der Waals surface area contributed by atoms with Crippen LogP contribution in [0, 0.1) is 0 Å². The molecule has 0 aromatic rings. The van der Waals surface area contributed by atoms with Crippen LogP contribution in [-0.4, -0.2) is 37.1 Å². The molecule has 2 rings (SSSR count). The number of nitrogens with zero attached hydrogens (tertiary/aromatic N) is 1. The average molecular weight is 196 g/mol. The fourth-order valence-corrected chi connectivity index (χ4v) is 1.95. The van der Waals surface area contributed by atoms with Crippen molar-refractivity contribution >= 4 is 0 Å². The van der Waals surface area contributed by atoms with Crippen LogP contribution in [0.1, 0.15) is 44.9 Å². The maximum Gasteiger partial charge on any atom is 0.00933 e. The molecule has 14 heavy (non-hydrogen) atoms. The molecule has 0 spiro atoms. The van der Waals surface area contributed by atoms with Crippen LogP contribution in [-0.2, 0) is 0 Å². The van der Waals surface area contributed by atoms with Gasteiger partial charge in [-0.2, -0.15) is 0 Å². The van der Waals surface area contributed by atoms with Crippen LogP contribution in [0.3, 0.4) is 0 Å². The lowest BCUT2D eigenvalue weighted by Crippen LogP contribution is -2.22. The molecule has 0 aromatic carbocycles. The van der Waals surface area contributed by atoms with Crippen LogP contribution in [0.25, 0.3) is 0 Å². The van der Waals surface area contributed by atoms with Crippen LogP contribution in [0.4, 0.5) is 0 Å². The Kier molecular flexibility index (Phi) is 3.82. The van der Waals surface area contributed by atoms with E-state index in [1.54, 1.807) is 0 Å². The van der Waals surface area contributed by atoms with Crippen molar-refractivity contribution in [2.75, 3.05) is 20.1 Å². The number of hydrogen-bond acceptors (Lipinski definition) is 2. The van der Waals surface area contributed by atoms with Gasteiger partial charge in [-0.3, -0.25) is 0 Å². The quantitative estimate of drug-likeness (QED) is 0.597. The van der Waals surface area contributed by atoms with Crippen molar-refractivity contribution in [3.63, 3.8) is 0 Å². The summed E-state index contributed by atoms with van der Waals surface area (Å²) in [4.78, 5) is 2.54. The molecular formula is C12H24N2. The van der Waals surface area contributed by atoms with Crippen LogP contribution >= 0.6 is 0 Å². The average Bonchev–Trinajstić information content (AvgIpc) is 3.04. The first-order valence-corrected chi connectivity index (χ1v) is 6.30. The van der Waals surface area contributed by atoms with Crippen LogP contribution < -0.4 is 5.32 Å². The third-order valence-electron chi connectivity index (χ3n) is 3.37. The lowest BCUT2D eigenvalue weighted by Gasteiger charge is -2.14. The normalized spacial score (nSPS) is 21.9. The first-order chi connectivity index (χ1) is 6.86. The summed E-state index contributed by atoms with van der Waals surface area (Å²) in [6.45, 7) is 2.56. The van der Waals surface area contributed by atoms with Gasteiger partial charge >= 0.3 is 0 Å². The number of hydrogen-bond donors (Lipinski definition) is 1. The zero-order valence-corrected chi connectivity index (χ0v) is 9.47. The van der Waals surface area contributed by atoms with Gasteiger partial charge in [-0.15, -0.1) is 0 Å². The molecule has 0 aromatic heterocycles. The molecule has 0 aliphatic heterocycles. The van der Waals surface area contributed by atoms with E-state index in [1.807, 2.05) is 0 Å². The summed E-state index contributed by atoms with van der Waals surface area (Å²) in [6, 6.07) is 1.84. The Morgan fingerprint density at radius 1 is 1.07 bits per heavy atom. The first kappa shape index (κ1) is 10.4. The van der Waals surface area contributed by atoms with Crippen molar-refractivity contribution < 1.29 is 0 Å². The van der Waals surface area contributed by atoms with Gasteiger partial charge in [0.25, 0.3) is 0 Å². The molecule has 0 saturated heterocycles. The van der Waals surface area contributed by atoms with Gasteiger partial charge in [0.1, 0.15) is 0 Å². The molecule has 2 heteroatoms. The van der Waals surface area contributed by atoms with Crippen molar-refractivity contribution in [1.82, 2.24) is 10.2 Å². The lowest BCUT2D eigenvalue weighted by molar-refractivity contribution is 0.314. The lowest BCUT2D eigenvalue weighted by atomic mass is 10.2. The fraction of sp³-hybridized carbons (Fsp3) is 1.00. The Morgan fingerprint density at radius 3 is 2.50 bits per heavy atom. The SMILES string of the molecule is CN(CCCCCNC1CC1)C1CC1. The standard InChI is InChI=1S/C12H24N2/c1-14(12-7-8-12)10-4-2-3-9-13-11-5-6-11/h11-13H,2-10H2,1H3. The summed E-state index contributed by atoms with van der Waals surface area (Å²) in [7, 11) is 2.28. The van der Waals surface area contributed by atoms with E-state index in [4.69, 9.17) is 0 Å². The van der Waals surface area contributed by atoms with Gasteiger partial charge in [0.15, 0.2) is 0 Å². The maximum atomic E-state index is 3.57. The van der Waals surface area contributed by atoms with E-state index < -0.39 is 0 Å². The number of unbranched alkanes of at least 4 members (excludes halogenated alkanes) is 2. The van der Waals surface area contributed by atoms with Gasteiger partial charge in [0.05, 0.1) is 0 Å². The Labute approximate surface area is 88.1 Å². The largest absolute Gasteiger partial charge is 0.314 e. The van der Waals surface area contributed by atoms with Crippen molar-refractivity contribution in [2.24, 2.45) is 0 Å². The third-order valence-corrected chi connectivity index (χ3v) is 3.37. The first-order valence-electron chi connectivity index (χ1n) is 6.30. The zero-order chi connectivity index (χ0) is 9.80. The molecule has 82 valence electrons. The second kappa shape index (κ2) is 5.13. The summed E-state index contributed by atoms with van der Waals surface area (Å²) in [6.07, 6.45) is 9.89. The Hall–Kier alpha value is -0.0800. The molecule has 0 atom stereocenters. The van der Waals surface area contributed by atoms with Gasteiger partial charge in [-0.05, 0) is 58.7 Å². The second-order valence-electron chi connectivity index (χ2n) is 5.00. The highest BCUT2D eigenvalue weighted by Crippen LogP contribution is 2.25. The van der Waals surface area contributed by atoms with Gasteiger partial charge < -0.3 is 10.2 Å². The summed E-state index contributed by atoms with van der Waals surface area (Å²) in [5.41, 5.74) is 0. The molecular weight excluding hydrogens is 172 g/mol. The van der Waals surface area contributed by atoms with E-state index >= 15 is 0 Å². The Morgan fingerprint density at radius 2 is 1.86 bits per heavy atom. The number of nitrogens with one attached hydrogen (secondary N) is 1. The molecule has 0 unspecified atom stereocenters. The van der Waals surface area contributed by atoms with Gasteiger partial charge in [-0.25, -0.2) is 0 Å². The van der Waals surface area contributed by atoms with E-state index in [1.165, 1.54) is 58.0 Å². The summed E-state index contributed by atoms with van der Waals surface area (Å²) in [5.74, 6) is 0. The minimum Gasteiger partial charge on any atom is -0.314 e. The molecule has 2 nitrogen and oxygen atoms in total. The highest BCUT2D eigenvalue weighted by atomic mass is 15.1. The van der Waals surface area contributed by atoms with Crippen molar-refractivity contribution in [1.29, 1.82) is 0 Å². The highest BCUT2D eigenvalue weighted by Gasteiger charge is 2.25. The van der Waals surface area contributed by atoms with E-state index in [-0.39, 0.29) is 0 Å². The minimum atomic E-state index is 0.893. The smallest absolute Gasteiger partial charge is 0.00933 e. The topological polar surface area (TPSA) is 15.3 Å². The van der Waals surface area contributed by atoms with E-state index in [2.05, 4.69) is 17.3 Å².